The van der Waals surface area contributed by atoms with E-state index >= 15 is 0 Å². The predicted molar refractivity (Wildman–Crippen MR) is 85.5 cm³/mol. The van der Waals surface area contributed by atoms with E-state index in [0.29, 0.717) is 11.7 Å². The number of ether oxygens (including phenoxy) is 2. The third kappa shape index (κ3) is 6.40. The molecule has 0 heterocycles. The standard InChI is InChI=1S/C14H19N3O4S/c1-20-11-6-4-3-5-10(11)7-16-14(22)17-8-12(18)15-9-13(19)21-2/h3-6H,7-9H2,1-2H3,(H,15,18)(H2,16,17,22). The largest absolute Gasteiger partial charge is 0.496 e. The van der Waals surface area contributed by atoms with E-state index in [1.54, 1.807) is 7.11 Å². The lowest BCUT2D eigenvalue weighted by atomic mass is 10.2. The van der Waals surface area contributed by atoms with Gasteiger partial charge in [-0.1, -0.05) is 18.2 Å². The number of methoxy groups -OCH3 is 2. The monoisotopic (exact) mass is 325 g/mol. The van der Waals surface area contributed by atoms with E-state index in [0.717, 1.165) is 11.3 Å². The van der Waals surface area contributed by atoms with Crippen LogP contribution in [0.3, 0.4) is 0 Å². The summed E-state index contributed by atoms with van der Waals surface area (Å²) in [5.74, 6) is -0.106. The number of benzene rings is 1. The second kappa shape index (κ2) is 9.56. The van der Waals surface area contributed by atoms with Crippen LogP contribution in [0.4, 0.5) is 0 Å². The zero-order chi connectivity index (χ0) is 16.4. The van der Waals surface area contributed by atoms with Crippen LogP contribution >= 0.6 is 12.2 Å². The van der Waals surface area contributed by atoms with E-state index in [1.165, 1.54) is 7.11 Å². The molecule has 0 radical (unpaired) electrons. The first-order chi connectivity index (χ1) is 10.6. The molecule has 0 aliphatic rings. The molecule has 0 aliphatic carbocycles. The first kappa shape index (κ1) is 17.7. The highest BCUT2D eigenvalue weighted by atomic mass is 32.1. The normalized spacial score (nSPS) is 9.55. The summed E-state index contributed by atoms with van der Waals surface area (Å²) in [6, 6.07) is 7.55. The van der Waals surface area contributed by atoms with Gasteiger partial charge in [0.05, 0.1) is 20.8 Å². The van der Waals surface area contributed by atoms with Crippen molar-refractivity contribution in [3.63, 3.8) is 0 Å². The summed E-state index contributed by atoms with van der Waals surface area (Å²) in [7, 11) is 2.85. The molecule has 0 aliphatic heterocycles. The molecule has 0 aromatic heterocycles. The van der Waals surface area contributed by atoms with Crippen molar-refractivity contribution in [1.29, 1.82) is 0 Å². The predicted octanol–water partition coefficient (Wildman–Crippen LogP) is -0.0515. The Kier molecular flexibility index (Phi) is 7.69. The summed E-state index contributed by atoms with van der Waals surface area (Å²) in [5, 5.41) is 8.45. The number of carbonyl (C=O) groups is 2. The summed E-state index contributed by atoms with van der Waals surface area (Å²) < 4.78 is 9.64. The zero-order valence-corrected chi connectivity index (χ0v) is 13.3. The molecule has 1 rings (SSSR count). The van der Waals surface area contributed by atoms with E-state index in [2.05, 4.69) is 20.7 Å². The van der Waals surface area contributed by atoms with Gasteiger partial charge in [0.2, 0.25) is 5.91 Å². The Hall–Kier alpha value is -2.35. The molecule has 7 nitrogen and oxygen atoms in total. The number of hydrogen-bond acceptors (Lipinski definition) is 5. The van der Waals surface area contributed by atoms with Crippen LogP contribution in [0, 0.1) is 0 Å². The second-order valence-corrected chi connectivity index (χ2v) is 4.61. The van der Waals surface area contributed by atoms with Gasteiger partial charge in [-0.2, -0.15) is 0 Å². The van der Waals surface area contributed by atoms with Crippen LogP contribution in [0.15, 0.2) is 24.3 Å². The highest BCUT2D eigenvalue weighted by molar-refractivity contribution is 7.80. The van der Waals surface area contributed by atoms with Crippen molar-refractivity contribution < 1.29 is 19.1 Å². The molecule has 0 spiro atoms. The highest BCUT2D eigenvalue weighted by Crippen LogP contribution is 2.16. The molecule has 0 saturated heterocycles. The molecule has 120 valence electrons. The molecule has 1 amide bonds. The number of nitrogens with one attached hydrogen (secondary N) is 3. The van der Waals surface area contributed by atoms with Crippen molar-refractivity contribution in [1.82, 2.24) is 16.0 Å². The number of amides is 1. The minimum Gasteiger partial charge on any atom is -0.496 e. The third-order valence-corrected chi connectivity index (χ3v) is 2.99. The zero-order valence-electron chi connectivity index (χ0n) is 12.5. The van der Waals surface area contributed by atoms with Gasteiger partial charge in [-0.25, -0.2) is 0 Å². The van der Waals surface area contributed by atoms with Crippen molar-refractivity contribution in [3.8, 4) is 5.75 Å². The van der Waals surface area contributed by atoms with Crippen LogP contribution in [0.1, 0.15) is 5.56 Å². The Morgan fingerprint density at radius 2 is 1.82 bits per heavy atom. The van der Waals surface area contributed by atoms with Crippen LogP contribution < -0.4 is 20.7 Å². The molecule has 0 fully saturated rings. The lowest BCUT2D eigenvalue weighted by Gasteiger charge is -2.12. The van der Waals surface area contributed by atoms with Crippen LogP contribution in [-0.2, 0) is 20.9 Å². The third-order valence-electron chi connectivity index (χ3n) is 2.70. The van der Waals surface area contributed by atoms with E-state index in [4.69, 9.17) is 17.0 Å². The summed E-state index contributed by atoms with van der Waals surface area (Å²) >= 11 is 5.07. The SMILES string of the molecule is COC(=O)CNC(=O)CNC(=S)NCc1ccccc1OC. The van der Waals surface area contributed by atoms with Crippen molar-refractivity contribution in [3.05, 3.63) is 29.8 Å². The average molecular weight is 325 g/mol. The summed E-state index contributed by atoms with van der Waals surface area (Å²) in [5.41, 5.74) is 0.948. The van der Waals surface area contributed by atoms with E-state index in [9.17, 15) is 9.59 Å². The molecule has 1 aromatic carbocycles. The van der Waals surface area contributed by atoms with Gasteiger partial charge in [-0.3, -0.25) is 9.59 Å². The Morgan fingerprint density at radius 1 is 1.09 bits per heavy atom. The van der Waals surface area contributed by atoms with Gasteiger partial charge in [0, 0.05) is 12.1 Å². The van der Waals surface area contributed by atoms with Gasteiger partial charge in [-0.05, 0) is 18.3 Å². The van der Waals surface area contributed by atoms with E-state index in [-0.39, 0.29) is 19.0 Å². The van der Waals surface area contributed by atoms with Gasteiger partial charge >= 0.3 is 5.97 Å². The van der Waals surface area contributed by atoms with Crippen LogP contribution in [-0.4, -0.2) is 44.3 Å². The maximum absolute atomic E-state index is 11.5. The minimum atomic E-state index is -0.509. The summed E-state index contributed by atoms with van der Waals surface area (Å²) in [4.78, 5) is 22.3. The Labute approximate surface area is 134 Å². The first-order valence-electron chi connectivity index (χ1n) is 6.54. The molecule has 0 saturated carbocycles. The van der Waals surface area contributed by atoms with Crippen LogP contribution in [0.5, 0.6) is 5.75 Å². The highest BCUT2D eigenvalue weighted by Gasteiger charge is 2.06. The smallest absolute Gasteiger partial charge is 0.325 e. The molecule has 22 heavy (non-hydrogen) atoms. The number of carbonyl (C=O) groups excluding carboxylic acids is 2. The molecule has 0 bridgehead atoms. The van der Waals surface area contributed by atoms with Crippen molar-refractivity contribution in [2.45, 2.75) is 6.54 Å². The van der Waals surface area contributed by atoms with Crippen molar-refractivity contribution in [2.24, 2.45) is 0 Å². The maximum Gasteiger partial charge on any atom is 0.325 e. The Balaban J connectivity index is 2.29. The number of hydrogen-bond donors (Lipinski definition) is 3. The Bertz CT molecular complexity index is 537. The number of thiocarbonyl (C=S) groups is 1. The molecular formula is C14H19N3O4S. The van der Waals surface area contributed by atoms with Crippen molar-refractivity contribution in [2.75, 3.05) is 27.3 Å². The lowest BCUT2D eigenvalue weighted by Crippen LogP contribution is -2.42. The van der Waals surface area contributed by atoms with E-state index in [1.807, 2.05) is 24.3 Å². The quantitative estimate of drug-likeness (QED) is 0.478. The summed E-state index contributed by atoms with van der Waals surface area (Å²) in [6.07, 6.45) is 0. The van der Waals surface area contributed by atoms with Gasteiger partial charge in [0.15, 0.2) is 5.11 Å². The lowest BCUT2D eigenvalue weighted by molar-refractivity contribution is -0.141. The van der Waals surface area contributed by atoms with E-state index < -0.39 is 5.97 Å². The number of para-hydroxylation sites is 1. The van der Waals surface area contributed by atoms with Crippen LogP contribution in [0.25, 0.3) is 0 Å². The fraction of sp³-hybridized carbons (Fsp3) is 0.357. The van der Waals surface area contributed by atoms with Gasteiger partial charge in [-0.15, -0.1) is 0 Å². The van der Waals surface area contributed by atoms with Gasteiger partial charge in [0.25, 0.3) is 0 Å². The Morgan fingerprint density at radius 3 is 2.50 bits per heavy atom. The summed E-state index contributed by atoms with van der Waals surface area (Å²) in [6.45, 7) is 0.271. The molecule has 8 heteroatoms. The van der Waals surface area contributed by atoms with Gasteiger partial charge < -0.3 is 25.4 Å². The molecule has 0 atom stereocenters. The minimum absolute atomic E-state index is 0.0330. The molecule has 3 N–H and O–H groups in total. The molecule has 0 unspecified atom stereocenters. The number of esters is 1. The maximum atomic E-state index is 11.5. The second-order valence-electron chi connectivity index (χ2n) is 4.20. The van der Waals surface area contributed by atoms with Crippen molar-refractivity contribution >= 4 is 29.2 Å². The topological polar surface area (TPSA) is 88.7 Å². The van der Waals surface area contributed by atoms with Gasteiger partial charge in [0.1, 0.15) is 12.3 Å². The average Bonchev–Trinajstić information content (AvgIpc) is 2.55. The molecular weight excluding hydrogens is 306 g/mol. The fourth-order valence-electron chi connectivity index (χ4n) is 1.55. The number of rotatable bonds is 7. The van der Waals surface area contributed by atoms with Crippen LogP contribution in [0.2, 0.25) is 0 Å². The first-order valence-corrected chi connectivity index (χ1v) is 6.94. The fourth-order valence-corrected chi connectivity index (χ4v) is 1.70. The molecule has 1 aromatic rings.